The highest BCUT2D eigenvalue weighted by Crippen LogP contribution is 2.21. The molecule has 0 radical (unpaired) electrons. The monoisotopic (exact) mass is 360 g/mol. The van der Waals surface area contributed by atoms with Gasteiger partial charge in [-0.15, -0.1) is 0 Å². The number of amides is 2. The number of carbonyl (C=O) groups excluding carboxylic acids is 2. The number of nitrogens with zero attached hydrogens (tertiary/aromatic N) is 1. The third-order valence-electron chi connectivity index (χ3n) is 5.01. The van der Waals surface area contributed by atoms with Crippen molar-refractivity contribution < 1.29 is 19.5 Å². The quantitative estimate of drug-likeness (QED) is 0.816. The first kappa shape index (κ1) is 19.9. The summed E-state index contributed by atoms with van der Waals surface area (Å²) in [7, 11) is 0. The summed E-state index contributed by atoms with van der Waals surface area (Å²) < 4.78 is 0. The van der Waals surface area contributed by atoms with E-state index in [1.165, 1.54) is 0 Å². The molecule has 2 N–H and O–H groups in total. The lowest BCUT2D eigenvalue weighted by atomic mass is 9.89. The van der Waals surface area contributed by atoms with Crippen LogP contribution in [0.4, 0.5) is 0 Å². The number of carbonyl (C=O) groups is 3. The second kappa shape index (κ2) is 8.34. The number of rotatable bonds is 6. The molecule has 0 bridgehead atoms. The molecule has 26 heavy (non-hydrogen) atoms. The Bertz CT molecular complexity index is 667. The van der Waals surface area contributed by atoms with Crippen molar-refractivity contribution in [2.24, 2.45) is 11.3 Å². The highest BCUT2D eigenvalue weighted by molar-refractivity contribution is 5.94. The van der Waals surface area contributed by atoms with Crippen molar-refractivity contribution >= 4 is 17.8 Å². The zero-order chi connectivity index (χ0) is 19.3. The van der Waals surface area contributed by atoms with E-state index in [2.05, 4.69) is 5.32 Å². The second-order valence-corrected chi connectivity index (χ2v) is 7.69. The minimum atomic E-state index is -0.876. The van der Waals surface area contributed by atoms with Crippen LogP contribution in [-0.2, 0) is 9.59 Å². The van der Waals surface area contributed by atoms with Gasteiger partial charge in [-0.1, -0.05) is 17.7 Å². The molecule has 0 saturated carbocycles. The molecule has 0 spiro atoms. The number of carboxylic acid groups (broad SMARTS) is 1. The third-order valence-corrected chi connectivity index (χ3v) is 5.01. The van der Waals surface area contributed by atoms with Crippen LogP contribution in [0.15, 0.2) is 24.3 Å². The highest BCUT2D eigenvalue weighted by atomic mass is 16.4. The van der Waals surface area contributed by atoms with Gasteiger partial charge in [0.05, 0.1) is 11.3 Å². The van der Waals surface area contributed by atoms with E-state index < -0.39 is 11.4 Å². The fourth-order valence-electron chi connectivity index (χ4n) is 3.00. The summed E-state index contributed by atoms with van der Waals surface area (Å²) in [5, 5.41) is 11.9. The number of benzene rings is 1. The molecule has 2 rings (SSSR count). The molecular weight excluding hydrogens is 332 g/mol. The third kappa shape index (κ3) is 5.07. The van der Waals surface area contributed by atoms with Crippen LogP contribution in [0.2, 0.25) is 0 Å². The van der Waals surface area contributed by atoms with Crippen LogP contribution in [0.25, 0.3) is 0 Å². The van der Waals surface area contributed by atoms with Gasteiger partial charge < -0.3 is 15.3 Å². The van der Waals surface area contributed by atoms with Gasteiger partial charge in [-0.05, 0) is 52.2 Å². The SMILES string of the molecule is Cc1ccc(C(=O)N2CCCC(C(=O)NCCC(C)(C)C(=O)O)C2)cc1. The molecule has 1 aromatic rings. The molecule has 1 aliphatic rings. The van der Waals surface area contributed by atoms with Gasteiger partial charge in [0.15, 0.2) is 0 Å². The minimum absolute atomic E-state index is 0.0467. The van der Waals surface area contributed by atoms with Gasteiger partial charge in [-0.3, -0.25) is 14.4 Å². The normalized spacial score (nSPS) is 17.7. The van der Waals surface area contributed by atoms with Gasteiger partial charge in [0.1, 0.15) is 0 Å². The van der Waals surface area contributed by atoms with Crippen LogP contribution in [0.5, 0.6) is 0 Å². The molecule has 1 fully saturated rings. The number of carboxylic acids is 1. The summed E-state index contributed by atoms with van der Waals surface area (Å²) in [6.07, 6.45) is 1.90. The molecule has 0 aliphatic carbocycles. The smallest absolute Gasteiger partial charge is 0.309 e. The Kier molecular flexibility index (Phi) is 6.40. The van der Waals surface area contributed by atoms with Gasteiger partial charge in [0.25, 0.3) is 5.91 Å². The number of hydrogen-bond acceptors (Lipinski definition) is 3. The Labute approximate surface area is 154 Å². The Hall–Kier alpha value is -2.37. The fourth-order valence-corrected chi connectivity index (χ4v) is 3.00. The molecule has 2 amide bonds. The molecule has 1 saturated heterocycles. The highest BCUT2D eigenvalue weighted by Gasteiger charge is 2.30. The Balaban J connectivity index is 1.89. The van der Waals surface area contributed by atoms with E-state index in [0.717, 1.165) is 18.4 Å². The Morgan fingerprint density at radius 2 is 1.88 bits per heavy atom. The zero-order valence-corrected chi connectivity index (χ0v) is 15.7. The number of aryl methyl sites for hydroxylation is 1. The average Bonchev–Trinajstić information content (AvgIpc) is 2.61. The molecule has 6 heteroatoms. The van der Waals surface area contributed by atoms with Crippen molar-refractivity contribution in [3.8, 4) is 0 Å². The van der Waals surface area contributed by atoms with Gasteiger partial charge in [0, 0.05) is 25.2 Å². The molecule has 6 nitrogen and oxygen atoms in total. The predicted octanol–water partition coefficient (Wildman–Crippen LogP) is 2.46. The summed E-state index contributed by atoms with van der Waals surface area (Å²) in [6, 6.07) is 7.45. The first-order valence-electron chi connectivity index (χ1n) is 9.08. The van der Waals surface area contributed by atoms with E-state index in [9.17, 15) is 14.4 Å². The number of hydrogen-bond donors (Lipinski definition) is 2. The Morgan fingerprint density at radius 3 is 2.50 bits per heavy atom. The molecule has 1 atom stereocenters. The lowest BCUT2D eigenvalue weighted by Crippen LogP contribution is -2.46. The fraction of sp³-hybridized carbons (Fsp3) is 0.550. The molecule has 1 unspecified atom stereocenters. The second-order valence-electron chi connectivity index (χ2n) is 7.69. The van der Waals surface area contributed by atoms with E-state index in [1.54, 1.807) is 18.7 Å². The molecule has 1 aliphatic heterocycles. The van der Waals surface area contributed by atoms with Crippen LogP contribution in [-0.4, -0.2) is 47.4 Å². The molecule has 1 heterocycles. The van der Waals surface area contributed by atoms with Crippen LogP contribution in [0.1, 0.15) is 49.0 Å². The Morgan fingerprint density at radius 1 is 1.23 bits per heavy atom. The van der Waals surface area contributed by atoms with Gasteiger partial charge in [0.2, 0.25) is 5.91 Å². The van der Waals surface area contributed by atoms with E-state index in [-0.39, 0.29) is 17.7 Å². The van der Waals surface area contributed by atoms with E-state index in [4.69, 9.17) is 5.11 Å². The summed E-state index contributed by atoms with van der Waals surface area (Å²) in [6.45, 7) is 6.64. The molecule has 1 aromatic carbocycles. The number of nitrogens with one attached hydrogen (secondary N) is 1. The van der Waals surface area contributed by atoms with E-state index in [1.807, 2.05) is 31.2 Å². The standard InChI is InChI=1S/C20H28N2O4/c1-14-6-8-15(9-7-14)18(24)22-12-4-5-16(13-22)17(23)21-11-10-20(2,3)19(25)26/h6-9,16H,4-5,10-13H2,1-3H3,(H,21,23)(H,25,26). The van der Waals surface area contributed by atoms with Crippen molar-refractivity contribution in [1.82, 2.24) is 10.2 Å². The van der Waals surface area contributed by atoms with Crippen molar-refractivity contribution in [3.63, 3.8) is 0 Å². The number of aliphatic carboxylic acids is 1. The maximum atomic E-state index is 12.6. The summed E-state index contributed by atoms with van der Waals surface area (Å²) >= 11 is 0. The molecular formula is C20H28N2O4. The maximum absolute atomic E-state index is 12.6. The lowest BCUT2D eigenvalue weighted by Gasteiger charge is -2.32. The van der Waals surface area contributed by atoms with E-state index >= 15 is 0 Å². The van der Waals surface area contributed by atoms with Gasteiger partial charge >= 0.3 is 5.97 Å². The van der Waals surface area contributed by atoms with Crippen LogP contribution in [0, 0.1) is 18.3 Å². The minimum Gasteiger partial charge on any atom is -0.481 e. The lowest BCUT2D eigenvalue weighted by molar-refractivity contribution is -0.147. The van der Waals surface area contributed by atoms with Crippen LogP contribution < -0.4 is 5.32 Å². The van der Waals surface area contributed by atoms with Crippen molar-refractivity contribution in [1.29, 1.82) is 0 Å². The average molecular weight is 360 g/mol. The first-order chi connectivity index (χ1) is 12.2. The topological polar surface area (TPSA) is 86.7 Å². The summed E-state index contributed by atoms with van der Waals surface area (Å²) in [5.41, 5.74) is 0.870. The first-order valence-corrected chi connectivity index (χ1v) is 9.08. The van der Waals surface area contributed by atoms with Gasteiger partial charge in [-0.2, -0.15) is 0 Å². The maximum Gasteiger partial charge on any atom is 0.309 e. The van der Waals surface area contributed by atoms with E-state index in [0.29, 0.717) is 31.6 Å². The largest absolute Gasteiger partial charge is 0.481 e. The zero-order valence-electron chi connectivity index (χ0n) is 15.7. The van der Waals surface area contributed by atoms with Crippen molar-refractivity contribution in [2.45, 2.75) is 40.0 Å². The summed E-state index contributed by atoms with van der Waals surface area (Å²) in [4.78, 5) is 37.9. The number of likely N-dealkylation sites (tertiary alicyclic amines) is 1. The summed E-state index contributed by atoms with van der Waals surface area (Å²) in [5.74, 6) is -1.27. The number of piperidine rings is 1. The molecule has 142 valence electrons. The van der Waals surface area contributed by atoms with Crippen molar-refractivity contribution in [3.05, 3.63) is 35.4 Å². The van der Waals surface area contributed by atoms with Gasteiger partial charge in [-0.25, -0.2) is 0 Å². The van der Waals surface area contributed by atoms with Crippen LogP contribution in [0.3, 0.4) is 0 Å². The van der Waals surface area contributed by atoms with Crippen LogP contribution >= 0.6 is 0 Å². The van der Waals surface area contributed by atoms with Crippen molar-refractivity contribution in [2.75, 3.05) is 19.6 Å². The predicted molar refractivity (Wildman–Crippen MR) is 98.9 cm³/mol. The molecule has 0 aromatic heterocycles.